The molecular formula is C25H31NO2. The second-order valence-corrected chi connectivity index (χ2v) is 8.15. The Kier molecular flexibility index (Phi) is 5.99. The third-order valence-corrected chi connectivity index (χ3v) is 6.23. The summed E-state index contributed by atoms with van der Waals surface area (Å²) in [5.74, 6) is 0.840. The van der Waals surface area contributed by atoms with Gasteiger partial charge in [-0.25, -0.2) is 0 Å². The van der Waals surface area contributed by atoms with Gasteiger partial charge in [0.15, 0.2) is 6.61 Å². The molecule has 28 heavy (non-hydrogen) atoms. The highest BCUT2D eigenvalue weighted by Gasteiger charge is 2.18. The highest BCUT2D eigenvalue weighted by Crippen LogP contribution is 2.30. The van der Waals surface area contributed by atoms with Crippen molar-refractivity contribution < 1.29 is 9.53 Å². The Bertz CT molecular complexity index is 842. The van der Waals surface area contributed by atoms with E-state index in [0.717, 1.165) is 31.4 Å². The van der Waals surface area contributed by atoms with E-state index in [-0.39, 0.29) is 18.6 Å². The Morgan fingerprint density at radius 3 is 2.54 bits per heavy atom. The second kappa shape index (κ2) is 8.81. The van der Waals surface area contributed by atoms with Crippen molar-refractivity contribution in [1.82, 2.24) is 5.32 Å². The molecule has 0 radical (unpaired) electrons. The molecule has 1 N–H and O–H groups in total. The maximum absolute atomic E-state index is 12.6. The van der Waals surface area contributed by atoms with E-state index in [4.69, 9.17) is 4.74 Å². The molecule has 2 aromatic rings. The van der Waals surface area contributed by atoms with Crippen LogP contribution >= 0.6 is 0 Å². The molecule has 0 saturated carbocycles. The summed E-state index contributed by atoms with van der Waals surface area (Å²) in [6, 6.07) is 13.0. The standard InChI is InChI=1S/C25H31NO2/c1-2-23(21-15-14-18-8-3-4-10-20(18)16-21)26-25(27)17-28-24-13-7-11-19-9-5-6-12-22(19)24/h7,11,13-16,23H,2-6,8-10,12,17H2,1H3,(H,26,27). The van der Waals surface area contributed by atoms with Crippen LogP contribution in [0.25, 0.3) is 0 Å². The number of rotatable bonds is 6. The van der Waals surface area contributed by atoms with E-state index in [2.05, 4.69) is 36.5 Å². The summed E-state index contributed by atoms with van der Waals surface area (Å²) in [6.07, 6.45) is 10.4. The number of nitrogens with one attached hydrogen (secondary N) is 1. The van der Waals surface area contributed by atoms with Crippen LogP contribution in [0.4, 0.5) is 0 Å². The second-order valence-electron chi connectivity index (χ2n) is 8.15. The summed E-state index contributed by atoms with van der Waals surface area (Å²) < 4.78 is 5.93. The molecule has 0 aliphatic heterocycles. The smallest absolute Gasteiger partial charge is 0.258 e. The SMILES string of the molecule is CCC(NC(=O)COc1cccc2c1CCCC2)c1ccc2c(c1)CCCC2. The molecule has 2 aliphatic carbocycles. The van der Waals surface area contributed by atoms with Gasteiger partial charge in [0.05, 0.1) is 6.04 Å². The summed E-state index contributed by atoms with van der Waals surface area (Å²) in [5, 5.41) is 3.18. The third-order valence-electron chi connectivity index (χ3n) is 6.23. The minimum absolute atomic E-state index is 0.0435. The maximum atomic E-state index is 12.6. The highest BCUT2D eigenvalue weighted by atomic mass is 16.5. The fraction of sp³-hybridized carbons (Fsp3) is 0.480. The van der Waals surface area contributed by atoms with E-state index < -0.39 is 0 Å². The molecule has 0 aromatic heterocycles. The van der Waals surface area contributed by atoms with Gasteiger partial charge in [0, 0.05) is 0 Å². The Morgan fingerprint density at radius 2 is 1.71 bits per heavy atom. The largest absolute Gasteiger partial charge is 0.483 e. The average Bonchev–Trinajstić information content (AvgIpc) is 2.75. The van der Waals surface area contributed by atoms with E-state index in [1.54, 1.807) is 0 Å². The maximum Gasteiger partial charge on any atom is 0.258 e. The van der Waals surface area contributed by atoms with Crippen LogP contribution in [0.15, 0.2) is 36.4 Å². The summed E-state index contributed by atoms with van der Waals surface area (Å²) >= 11 is 0. The van der Waals surface area contributed by atoms with E-state index in [9.17, 15) is 4.79 Å². The molecule has 1 amide bonds. The predicted octanol–water partition coefficient (Wildman–Crippen LogP) is 5.09. The molecule has 0 bridgehead atoms. The first-order chi connectivity index (χ1) is 13.7. The predicted molar refractivity (Wildman–Crippen MR) is 113 cm³/mol. The zero-order chi connectivity index (χ0) is 19.3. The molecule has 2 aliphatic rings. The van der Waals surface area contributed by atoms with Gasteiger partial charge in [-0.05, 0) is 91.7 Å². The number of hydrogen-bond acceptors (Lipinski definition) is 2. The van der Waals surface area contributed by atoms with Crippen LogP contribution in [0.5, 0.6) is 5.75 Å². The van der Waals surface area contributed by atoms with Crippen LogP contribution in [0, 0.1) is 0 Å². The number of benzene rings is 2. The van der Waals surface area contributed by atoms with Crippen LogP contribution in [-0.4, -0.2) is 12.5 Å². The van der Waals surface area contributed by atoms with Gasteiger partial charge in [-0.15, -0.1) is 0 Å². The Morgan fingerprint density at radius 1 is 0.964 bits per heavy atom. The van der Waals surface area contributed by atoms with Crippen molar-refractivity contribution in [3.63, 3.8) is 0 Å². The van der Waals surface area contributed by atoms with Crippen molar-refractivity contribution in [3.8, 4) is 5.75 Å². The lowest BCUT2D eigenvalue weighted by Crippen LogP contribution is -2.32. The van der Waals surface area contributed by atoms with Gasteiger partial charge in [0.1, 0.15) is 5.75 Å². The molecule has 0 spiro atoms. The fourth-order valence-corrected chi connectivity index (χ4v) is 4.65. The molecule has 1 unspecified atom stereocenters. The summed E-state index contributed by atoms with van der Waals surface area (Å²) in [7, 11) is 0. The van der Waals surface area contributed by atoms with E-state index >= 15 is 0 Å². The van der Waals surface area contributed by atoms with Crippen LogP contribution in [0.2, 0.25) is 0 Å². The minimum atomic E-state index is -0.0435. The van der Waals surface area contributed by atoms with Gasteiger partial charge in [-0.2, -0.15) is 0 Å². The number of carbonyl (C=O) groups excluding carboxylic acids is 1. The van der Waals surface area contributed by atoms with Gasteiger partial charge >= 0.3 is 0 Å². The number of ether oxygens (including phenoxy) is 1. The normalized spacial score (nSPS) is 16.6. The summed E-state index contributed by atoms with van der Waals surface area (Å²) in [4.78, 5) is 12.6. The van der Waals surface area contributed by atoms with Gasteiger partial charge in [0.25, 0.3) is 5.91 Å². The van der Waals surface area contributed by atoms with Gasteiger partial charge in [-0.1, -0.05) is 37.3 Å². The number of hydrogen-bond donors (Lipinski definition) is 1. The van der Waals surface area contributed by atoms with Crippen LogP contribution in [-0.2, 0) is 30.5 Å². The quantitative estimate of drug-likeness (QED) is 0.761. The van der Waals surface area contributed by atoms with Crippen LogP contribution in [0.3, 0.4) is 0 Å². The average molecular weight is 378 g/mol. The van der Waals surface area contributed by atoms with Crippen molar-refractivity contribution in [3.05, 3.63) is 64.2 Å². The van der Waals surface area contributed by atoms with Crippen molar-refractivity contribution >= 4 is 5.91 Å². The molecule has 1 atom stereocenters. The lowest BCUT2D eigenvalue weighted by Gasteiger charge is -2.22. The topological polar surface area (TPSA) is 38.3 Å². The number of carbonyl (C=O) groups is 1. The Labute approximate surface area is 168 Å². The molecule has 4 rings (SSSR count). The van der Waals surface area contributed by atoms with Gasteiger partial charge < -0.3 is 10.1 Å². The van der Waals surface area contributed by atoms with Crippen LogP contribution < -0.4 is 10.1 Å². The van der Waals surface area contributed by atoms with Gasteiger partial charge in [-0.3, -0.25) is 4.79 Å². The molecule has 148 valence electrons. The Balaban J connectivity index is 1.39. The zero-order valence-corrected chi connectivity index (χ0v) is 16.9. The number of fused-ring (bicyclic) bond motifs is 2. The zero-order valence-electron chi connectivity index (χ0n) is 16.9. The third kappa shape index (κ3) is 4.24. The molecular weight excluding hydrogens is 346 g/mol. The first-order valence-corrected chi connectivity index (χ1v) is 10.9. The molecule has 2 aromatic carbocycles. The molecule has 0 heterocycles. The lowest BCUT2D eigenvalue weighted by molar-refractivity contribution is -0.123. The summed E-state index contributed by atoms with van der Waals surface area (Å²) in [6.45, 7) is 2.21. The van der Waals surface area contributed by atoms with Crippen molar-refractivity contribution in [2.75, 3.05) is 6.61 Å². The lowest BCUT2D eigenvalue weighted by atomic mass is 9.89. The summed E-state index contributed by atoms with van der Waals surface area (Å²) in [5.41, 5.74) is 6.83. The number of aryl methyl sites for hydroxylation is 3. The first-order valence-electron chi connectivity index (χ1n) is 10.9. The highest BCUT2D eigenvalue weighted by molar-refractivity contribution is 5.78. The monoisotopic (exact) mass is 377 g/mol. The van der Waals surface area contributed by atoms with Crippen LogP contribution in [0.1, 0.15) is 72.9 Å². The van der Waals surface area contributed by atoms with E-state index in [1.807, 2.05) is 12.1 Å². The molecule has 3 nitrogen and oxygen atoms in total. The van der Waals surface area contributed by atoms with Crippen molar-refractivity contribution in [2.24, 2.45) is 0 Å². The molecule has 0 fully saturated rings. The van der Waals surface area contributed by atoms with Gasteiger partial charge in [0.2, 0.25) is 0 Å². The molecule has 0 saturated heterocycles. The molecule has 3 heteroatoms. The van der Waals surface area contributed by atoms with E-state index in [1.165, 1.54) is 59.9 Å². The first kappa shape index (κ1) is 19.0. The fourth-order valence-electron chi connectivity index (χ4n) is 4.65. The Hall–Kier alpha value is -2.29. The van der Waals surface area contributed by atoms with Crippen molar-refractivity contribution in [2.45, 2.75) is 70.8 Å². The number of amides is 1. The van der Waals surface area contributed by atoms with E-state index in [0.29, 0.717) is 0 Å². The van der Waals surface area contributed by atoms with Crippen molar-refractivity contribution in [1.29, 1.82) is 0 Å². The minimum Gasteiger partial charge on any atom is -0.483 e.